The number of nitrogens with zero attached hydrogens (tertiary/aromatic N) is 1. The van der Waals surface area contributed by atoms with Crippen molar-refractivity contribution in [2.24, 2.45) is 0 Å². The van der Waals surface area contributed by atoms with Crippen molar-refractivity contribution in [3.05, 3.63) is 29.6 Å². The van der Waals surface area contributed by atoms with Gasteiger partial charge in [0.1, 0.15) is 11.6 Å². The lowest BCUT2D eigenvalue weighted by Gasteiger charge is -2.22. The van der Waals surface area contributed by atoms with Gasteiger partial charge in [0, 0.05) is 18.3 Å². The van der Waals surface area contributed by atoms with Crippen molar-refractivity contribution < 1.29 is 19.4 Å². The van der Waals surface area contributed by atoms with Gasteiger partial charge in [0.05, 0.1) is 0 Å². The molecule has 0 bridgehead atoms. The molecule has 6 heteroatoms. The van der Waals surface area contributed by atoms with Crippen LogP contribution in [0.3, 0.4) is 0 Å². The van der Waals surface area contributed by atoms with Crippen LogP contribution in [0.25, 0.3) is 0 Å². The quantitative estimate of drug-likeness (QED) is 0.879. The first-order chi connectivity index (χ1) is 9.17. The van der Waals surface area contributed by atoms with Gasteiger partial charge in [0.2, 0.25) is 0 Å². The molecule has 0 saturated carbocycles. The highest BCUT2D eigenvalue weighted by Gasteiger charge is 2.24. The molecule has 1 atom stereocenters. The van der Waals surface area contributed by atoms with Crippen LogP contribution in [0, 0.1) is 6.92 Å². The van der Waals surface area contributed by atoms with Crippen molar-refractivity contribution in [3.63, 3.8) is 0 Å². The summed E-state index contributed by atoms with van der Waals surface area (Å²) in [4.78, 5) is 26.9. The molecule has 2 N–H and O–H groups in total. The maximum Gasteiger partial charge on any atom is 0.408 e. The van der Waals surface area contributed by atoms with Gasteiger partial charge in [-0.2, -0.15) is 0 Å². The van der Waals surface area contributed by atoms with Crippen LogP contribution in [-0.2, 0) is 16.0 Å². The predicted molar refractivity (Wildman–Crippen MR) is 73.5 cm³/mol. The number of aryl methyl sites for hydroxylation is 1. The van der Waals surface area contributed by atoms with E-state index in [1.54, 1.807) is 39.1 Å². The highest BCUT2D eigenvalue weighted by molar-refractivity contribution is 5.80. The minimum atomic E-state index is -1.11. The van der Waals surface area contributed by atoms with Gasteiger partial charge in [0.25, 0.3) is 0 Å². The summed E-state index contributed by atoms with van der Waals surface area (Å²) in [5.41, 5.74) is 0.915. The molecule has 0 fully saturated rings. The molecule has 0 aliphatic carbocycles. The number of carboxylic acids is 1. The predicted octanol–water partition coefficient (Wildman–Crippen LogP) is 1.91. The van der Waals surface area contributed by atoms with Crippen LogP contribution in [0.5, 0.6) is 0 Å². The Morgan fingerprint density at radius 2 is 2.05 bits per heavy atom. The molecule has 1 aromatic rings. The molecule has 0 radical (unpaired) electrons. The number of ether oxygens (including phenoxy) is 1. The standard InChI is InChI=1S/C14H20N2O4/c1-9-5-6-10(8-15-9)7-11(12(17)18)16-13(19)20-14(2,3)4/h5-6,8,11H,7H2,1-4H3,(H,16,19)(H,17,18). The smallest absolute Gasteiger partial charge is 0.408 e. The molecule has 0 spiro atoms. The first kappa shape index (κ1) is 15.9. The van der Waals surface area contributed by atoms with Gasteiger partial charge in [-0.1, -0.05) is 6.07 Å². The lowest BCUT2D eigenvalue weighted by atomic mass is 10.1. The molecule has 1 aromatic heterocycles. The number of hydrogen-bond donors (Lipinski definition) is 2. The summed E-state index contributed by atoms with van der Waals surface area (Å²) in [5, 5.41) is 11.5. The third kappa shape index (κ3) is 5.69. The van der Waals surface area contributed by atoms with Crippen molar-refractivity contribution in [1.82, 2.24) is 10.3 Å². The summed E-state index contributed by atoms with van der Waals surface area (Å²) in [7, 11) is 0. The van der Waals surface area contributed by atoms with Crippen molar-refractivity contribution in [2.45, 2.75) is 45.8 Å². The summed E-state index contributed by atoms with van der Waals surface area (Å²) < 4.78 is 5.05. The summed E-state index contributed by atoms with van der Waals surface area (Å²) in [5.74, 6) is -1.11. The first-order valence-corrected chi connectivity index (χ1v) is 6.31. The van der Waals surface area contributed by atoms with E-state index < -0.39 is 23.7 Å². The lowest BCUT2D eigenvalue weighted by molar-refractivity contribution is -0.139. The van der Waals surface area contributed by atoms with Gasteiger partial charge < -0.3 is 15.2 Å². The molecule has 20 heavy (non-hydrogen) atoms. The van der Waals surface area contributed by atoms with E-state index in [1.807, 2.05) is 6.92 Å². The average molecular weight is 280 g/mol. The Morgan fingerprint density at radius 1 is 1.40 bits per heavy atom. The number of amides is 1. The second-order valence-corrected chi connectivity index (χ2v) is 5.55. The van der Waals surface area contributed by atoms with E-state index in [0.29, 0.717) is 0 Å². The zero-order chi connectivity index (χ0) is 15.3. The van der Waals surface area contributed by atoms with Crippen LogP contribution in [0.4, 0.5) is 4.79 Å². The van der Waals surface area contributed by atoms with Crippen LogP contribution in [-0.4, -0.2) is 33.8 Å². The van der Waals surface area contributed by atoms with Crippen LogP contribution in [0.15, 0.2) is 18.3 Å². The summed E-state index contributed by atoms with van der Waals surface area (Å²) in [6, 6.07) is 2.53. The largest absolute Gasteiger partial charge is 0.480 e. The van der Waals surface area contributed by atoms with E-state index in [4.69, 9.17) is 9.84 Å². The summed E-state index contributed by atoms with van der Waals surface area (Å²) >= 11 is 0. The molecule has 1 amide bonds. The van der Waals surface area contributed by atoms with Crippen LogP contribution >= 0.6 is 0 Å². The Morgan fingerprint density at radius 3 is 2.50 bits per heavy atom. The fraction of sp³-hybridized carbons (Fsp3) is 0.500. The van der Waals surface area contributed by atoms with Crippen LogP contribution < -0.4 is 5.32 Å². The highest BCUT2D eigenvalue weighted by Crippen LogP contribution is 2.08. The lowest BCUT2D eigenvalue weighted by Crippen LogP contribution is -2.44. The minimum absolute atomic E-state index is 0.155. The van der Waals surface area contributed by atoms with Crippen LogP contribution in [0.2, 0.25) is 0 Å². The Hall–Kier alpha value is -2.11. The topological polar surface area (TPSA) is 88.5 Å². The fourth-order valence-corrected chi connectivity index (χ4v) is 1.50. The monoisotopic (exact) mass is 280 g/mol. The van der Waals surface area contributed by atoms with E-state index in [0.717, 1.165) is 11.3 Å². The van der Waals surface area contributed by atoms with Gasteiger partial charge >= 0.3 is 12.1 Å². The third-order valence-electron chi connectivity index (χ3n) is 2.40. The molecule has 1 heterocycles. The minimum Gasteiger partial charge on any atom is -0.480 e. The van der Waals surface area contributed by atoms with Crippen molar-refractivity contribution >= 4 is 12.1 Å². The first-order valence-electron chi connectivity index (χ1n) is 6.31. The molecular weight excluding hydrogens is 260 g/mol. The summed E-state index contributed by atoms with van der Waals surface area (Å²) in [6.45, 7) is 6.99. The van der Waals surface area contributed by atoms with E-state index in [-0.39, 0.29) is 6.42 Å². The van der Waals surface area contributed by atoms with E-state index in [1.165, 1.54) is 0 Å². The molecule has 0 aliphatic rings. The van der Waals surface area contributed by atoms with Gasteiger partial charge in [-0.3, -0.25) is 4.98 Å². The molecular formula is C14H20N2O4. The number of alkyl carbamates (subject to hydrolysis) is 1. The second kappa shape index (κ2) is 6.36. The normalized spacial score (nSPS) is 12.6. The number of carbonyl (C=O) groups is 2. The third-order valence-corrected chi connectivity index (χ3v) is 2.40. The fourth-order valence-electron chi connectivity index (χ4n) is 1.50. The number of aliphatic carboxylic acids is 1. The SMILES string of the molecule is Cc1ccc(CC(NC(=O)OC(C)(C)C)C(=O)O)cn1. The molecule has 1 rings (SSSR count). The Balaban J connectivity index is 2.68. The number of carboxylic acid groups (broad SMARTS) is 1. The maximum absolute atomic E-state index is 11.6. The number of hydrogen-bond acceptors (Lipinski definition) is 4. The van der Waals surface area contributed by atoms with Gasteiger partial charge in [-0.25, -0.2) is 9.59 Å². The van der Waals surface area contributed by atoms with E-state index in [9.17, 15) is 9.59 Å². The molecule has 6 nitrogen and oxygen atoms in total. The Kier molecular flexibility index (Phi) is 5.07. The number of nitrogens with one attached hydrogen (secondary N) is 1. The molecule has 0 aromatic carbocycles. The van der Waals surface area contributed by atoms with Crippen molar-refractivity contribution in [1.29, 1.82) is 0 Å². The average Bonchev–Trinajstić information content (AvgIpc) is 2.28. The van der Waals surface area contributed by atoms with Crippen molar-refractivity contribution in [2.75, 3.05) is 0 Å². The van der Waals surface area contributed by atoms with Gasteiger partial charge in [-0.05, 0) is 39.3 Å². The molecule has 110 valence electrons. The Bertz CT molecular complexity index is 477. The van der Waals surface area contributed by atoms with Gasteiger partial charge in [-0.15, -0.1) is 0 Å². The van der Waals surface area contributed by atoms with E-state index >= 15 is 0 Å². The number of rotatable bonds is 4. The highest BCUT2D eigenvalue weighted by atomic mass is 16.6. The summed E-state index contributed by atoms with van der Waals surface area (Å²) in [6.07, 6.45) is 1.01. The second-order valence-electron chi connectivity index (χ2n) is 5.55. The maximum atomic E-state index is 11.6. The Labute approximate surface area is 118 Å². The van der Waals surface area contributed by atoms with Gasteiger partial charge in [0.15, 0.2) is 0 Å². The van der Waals surface area contributed by atoms with Crippen LogP contribution in [0.1, 0.15) is 32.0 Å². The van der Waals surface area contributed by atoms with Crippen molar-refractivity contribution in [3.8, 4) is 0 Å². The molecule has 0 saturated heterocycles. The molecule has 1 unspecified atom stereocenters. The zero-order valence-corrected chi connectivity index (χ0v) is 12.1. The molecule has 0 aliphatic heterocycles. The number of pyridine rings is 1. The number of aromatic nitrogens is 1. The number of carbonyl (C=O) groups excluding carboxylic acids is 1. The zero-order valence-electron chi connectivity index (χ0n) is 12.1. The van der Waals surface area contributed by atoms with E-state index in [2.05, 4.69) is 10.3 Å².